The van der Waals surface area contributed by atoms with Crippen LogP contribution in [0.3, 0.4) is 0 Å². The fourth-order valence-electron chi connectivity index (χ4n) is 1.91. The number of ketones is 1. The van der Waals surface area contributed by atoms with Crippen LogP contribution in [-0.2, 0) is 0 Å². The third-order valence-electron chi connectivity index (χ3n) is 3.20. The molecule has 1 aromatic rings. The minimum atomic E-state index is -0.554. The highest BCUT2D eigenvalue weighted by atomic mass is 16.5. The second-order valence-electron chi connectivity index (χ2n) is 4.51. The van der Waals surface area contributed by atoms with Crippen LogP contribution < -0.4 is 10.5 Å². The van der Waals surface area contributed by atoms with Gasteiger partial charge in [0.2, 0.25) is 5.91 Å². The number of rotatable bonds is 8. The van der Waals surface area contributed by atoms with Crippen molar-refractivity contribution in [2.24, 2.45) is 5.73 Å². The molecule has 0 saturated heterocycles. The van der Waals surface area contributed by atoms with Crippen LogP contribution in [0.2, 0.25) is 0 Å². The number of likely N-dealkylation sites (N-methyl/N-ethyl adjacent to an activating group) is 1. The van der Waals surface area contributed by atoms with Gasteiger partial charge in [0.1, 0.15) is 12.4 Å². The molecule has 0 unspecified atom stereocenters. The number of hydrogen-bond donors (Lipinski definition) is 1. The second kappa shape index (κ2) is 7.65. The number of benzene rings is 1. The third-order valence-corrected chi connectivity index (χ3v) is 3.20. The molecule has 110 valence electrons. The zero-order chi connectivity index (χ0) is 15.1. The standard InChI is InChI=1S/C15H22N2O3/c1-4-17(5-2)8-9-20-14-7-6-12(15(16)19)10-13(14)11(3)18/h6-7,10H,4-5,8-9H2,1-3H3,(H2,16,19). The molecule has 2 N–H and O–H groups in total. The van der Waals surface area contributed by atoms with E-state index in [2.05, 4.69) is 18.7 Å². The maximum absolute atomic E-state index is 11.6. The number of carbonyl (C=O) groups excluding carboxylic acids is 2. The van der Waals surface area contributed by atoms with Crippen LogP contribution in [0.25, 0.3) is 0 Å². The maximum atomic E-state index is 11.6. The second-order valence-corrected chi connectivity index (χ2v) is 4.51. The van der Waals surface area contributed by atoms with Crippen LogP contribution in [0.15, 0.2) is 18.2 Å². The molecule has 1 aromatic carbocycles. The lowest BCUT2D eigenvalue weighted by Gasteiger charge is -2.18. The lowest BCUT2D eigenvalue weighted by Crippen LogP contribution is -2.28. The van der Waals surface area contributed by atoms with Gasteiger partial charge in [0.25, 0.3) is 0 Å². The summed E-state index contributed by atoms with van der Waals surface area (Å²) in [6.45, 7) is 8.83. The van der Waals surface area contributed by atoms with Crippen LogP contribution in [0.4, 0.5) is 0 Å². The fraction of sp³-hybridized carbons (Fsp3) is 0.467. The largest absolute Gasteiger partial charge is 0.491 e. The fourth-order valence-corrected chi connectivity index (χ4v) is 1.91. The Hall–Kier alpha value is -1.88. The quantitative estimate of drug-likeness (QED) is 0.735. The van der Waals surface area contributed by atoms with Crippen LogP contribution in [0, 0.1) is 0 Å². The molecule has 1 rings (SSSR count). The molecule has 0 aliphatic carbocycles. The Balaban J connectivity index is 2.79. The Labute approximate surface area is 119 Å². The lowest BCUT2D eigenvalue weighted by atomic mass is 10.1. The van der Waals surface area contributed by atoms with Gasteiger partial charge in [-0.2, -0.15) is 0 Å². The molecule has 0 fully saturated rings. The molecule has 0 bridgehead atoms. The highest BCUT2D eigenvalue weighted by Crippen LogP contribution is 2.20. The van der Waals surface area contributed by atoms with Crippen molar-refractivity contribution in [3.05, 3.63) is 29.3 Å². The normalized spacial score (nSPS) is 10.6. The van der Waals surface area contributed by atoms with Crippen molar-refractivity contribution in [3.63, 3.8) is 0 Å². The summed E-state index contributed by atoms with van der Waals surface area (Å²) in [6, 6.07) is 4.68. The SMILES string of the molecule is CCN(CC)CCOc1ccc(C(N)=O)cc1C(C)=O. The topological polar surface area (TPSA) is 72.6 Å². The number of ether oxygens (including phenoxy) is 1. The Kier molecular flexibility index (Phi) is 6.18. The number of Topliss-reactive ketones (excluding diaryl/α,β-unsaturated/α-hetero) is 1. The first-order valence-electron chi connectivity index (χ1n) is 6.79. The van der Waals surface area contributed by atoms with Gasteiger partial charge >= 0.3 is 0 Å². The van der Waals surface area contributed by atoms with Crippen LogP contribution >= 0.6 is 0 Å². The molecule has 0 atom stereocenters. The van der Waals surface area contributed by atoms with Crippen molar-refractivity contribution in [2.75, 3.05) is 26.2 Å². The van der Waals surface area contributed by atoms with E-state index >= 15 is 0 Å². The zero-order valence-electron chi connectivity index (χ0n) is 12.3. The van der Waals surface area contributed by atoms with E-state index < -0.39 is 5.91 Å². The Bertz CT molecular complexity index is 482. The van der Waals surface area contributed by atoms with E-state index in [-0.39, 0.29) is 5.78 Å². The van der Waals surface area contributed by atoms with E-state index in [9.17, 15) is 9.59 Å². The van der Waals surface area contributed by atoms with E-state index in [0.717, 1.165) is 19.6 Å². The average Bonchev–Trinajstić information content (AvgIpc) is 2.43. The van der Waals surface area contributed by atoms with Gasteiger partial charge in [-0.3, -0.25) is 9.59 Å². The molecule has 0 heterocycles. The molecular formula is C15H22N2O3. The van der Waals surface area contributed by atoms with Crippen LogP contribution in [0.1, 0.15) is 41.5 Å². The predicted molar refractivity (Wildman–Crippen MR) is 78.2 cm³/mol. The Morgan fingerprint density at radius 2 is 1.90 bits per heavy atom. The summed E-state index contributed by atoms with van der Waals surface area (Å²) in [5.41, 5.74) is 5.91. The van der Waals surface area contributed by atoms with E-state index in [1.165, 1.54) is 13.0 Å². The minimum absolute atomic E-state index is 0.147. The summed E-state index contributed by atoms with van der Waals surface area (Å²) < 4.78 is 5.65. The van der Waals surface area contributed by atoms with Crippen molar-refractivity contribution < 1.29 is 14.3 Å². The molecule has 0 radical (unpaired) electrons. The summed E-state index contributed by atoms with van der Waals surface area (Å²) >= 11 is 0. The first-order valence-corrected chi connectivity index (χ1v) is 6.79. The van der Waals surface area contributed by atoms with Crippen LogP contribution in [-0.4, -0.2) is 42.8 Å². The minimum Gasteiger partial charge on any atom is -0.491 e. The molecule has 0 aliphatic heterocycles. The van der Waals surface area contributed by atoms with Crippen molar-refractivity contribution in [1.82, 2.24) is 4.90 Å². The number of primary amides is 1. The first-order chi connectivity index (χ1) is 9.49. The summed E-state index contributed by atoms with van der Waals surface area (Å²) in [5, 5.41) is 0. The first kappa shape index (κ1) is 16.2. The van der Waals surface area contributed by atoms with Crippen molar-refractivity contribution in [2.45, 2.75) is 20.8 Å². The highest BCUT2D eigenvalue weighted by Gasteiger charge is 2.12. The van der Waals surface area contributed by atoms with Gasteiger partial charge in [-0.05, 0) is 38.2 Å². The molecule has 0 saturated carbocycles. The van der Waals surface area contributed by atoms with E-state index in [1.807, 2.05) is 0 Å². The average molecular weight is 278 g/mol. The van der Waals surface area contributed by atoms with Gasteiger partial charge in [0.05, 0.1) is 5.56 Å². The van der Waals surface area contributed by atoms with E-state index in [0.29, 0.717) is 23.5 Å². The van der Waals surface area contributed by atoms with E-state index in [4.69, 9.17) is 10.5 Å². The molecule has 1 amide bonds. The smallest absolute Gasteiger partial charge is 0.248 e. The van der Waals surface area contributed by atoms with E-state index in [1.54, 1.807) is 12.1 Å². The third kappa shape index (κ3) is 4.35. The number of amides is 1. The highest BCUT2D eigenvalue weighted by molar-refractivity contribution is 6.01. The van der Waals surface area contributed by atoms with Gasteiger partial charge in [0.15, 0.2) is 5.78 Å². The lowest BCUT2D eigenvalue weighted by molar-refractivity contribution is 0.1000. The Morgan fingerprint density at radius 1 is 1.25 bits per heavy atom. The molecule has 5 heteroatoms. The molecule has 0 aromatic heterocycles. The maximum Gasteiger partial charge on any atom is 0.248 e. The van der Waals surface area contributed by atoms with Crippen LogP contribution in [0.5, 0.6) is 5.75 Å². The van der Waals surface area contributed by atoms with Crippen molar-refractivity contribution in [1.29, 1.82) is 0 Å². The number of carbonyl (C=O) groups is 2. The summed E-state index contributed by atoms with van der Waals surface area (Å²) in [7, 11) is 0. The van der Waals surface area contributed by atoms with Crippen molar-refractivity contribution >= 4 is 11.7 Å². The van der Waals surface area contributed by atoms with Gasteiger partial charge < -0.3 is 15.4 Å². The van der Waals surface area contributed by atoms with Gasteiger partial charge in [0, 0.05) is 12.1 Å². The zero-order valence-corrected chi connectivity index (χ0v) is 12.3. The molecule has 20 heavy (non-hydrogen) atoms. The number of nitrogens with zero attached hydrogens (tertiary/aromatic N) is 1. The Morgan fingerprint density at radius 3 is 2.40 bits per heavy atom. The van der Waals surface area contributed by atoms with Gasteiger partial charge in [-0.25, -0.2) is 0 Å². The molecular weight excluding hydrogens is 256 g/mol. The number of hydrogen-bond acceptors (Lipinski definition) is 4. The molecule has 0 aliphatic rings. The monoisotopic (exact) mass is 278 g/mol. The summed E-state index contributed by atoms with van der Waals surface area (Å²) in [4.78, 5) is 25.0. The van der Waals surface area contributed by atoms with Gasteiger partial charge in [-0.1, -0.05) is 13.8 Å². The molecule has 5 nitrogen and oxygen atoms in total. The van der Waals surface area contributed by atoms with Crippen molar-refractivity contribution in [3.8, 4) is 5.75 Å². The molecule has 0 spiro atoms. The summed E-state index contributed by atoms with van der Waals surface area (Å²) in [5.74, 6) is -0.206. The number of nitrogens with two attached hydrogens (primary N) is 1. The predicted octanol–water partition coefficient (Wildman–Crippen LogP) is 1.71. The summed E-state index contributed by atoms with van der Waals surface area (Å²) in [6.07, 6.45) is 0. The van der Waals surface area contributed by atoms with Gasteiger partial charge in [-0.15, -0.1) is 0 Å².